The van der Waals surface area contributed by atoms with E-state index in [0.717, 1.165) is 73.7 Å². The molecule has 5 nitrogen and oxygen atoms in total. The summed E-state index contributed by atoms with van der Waals surface area (Å²) in [7, 11) is 2.13. The third-order valence-corrected chi connectivity index (χ3v) is 8.72. The molecule has 7 heteroatoms. The second-order valence-corrected chi connectivity index (χ2v) is 11.3. The van der Waals surface area contributed by atoms with Gasteiger partial charge < -0.3 is 9.80 Å². The van der Waals surface area contributed by atoms with Gasteiger partial charge in [-0.1, -0.05) is 48.0 Å². The summed E-state index contributed by atoms with van der Waals surface area (Å²) in [5, 5.41) is 1.41. The molecule has 2 aliphatic rings. The van der Waals surface area contributed by atoms with Crippen LogP contribution in [0.25, 0.3) is 15.9 Å². The molecule has 35 heavy (non-hydrogen) atoms. The molecule has 1 saturated heterocycles. The minimum Gasteiger partial charge on any atom is -0.342 e. The van der Waals surface area contributed by atoms with Gasteiger partial charge in [-0.25, -0.2) is 9.55 Å². The fourth-order valence-electron chi connectivity index (χ4n) is 5.50. The van der Waals surface area contributed by atoms with Gasteiger partial charge in [0.25, 0.3) is 5.56 Å². The zero-order valence-electron chi connectivity index (χ0n) is 19.9. The van der Waals surface area contributed by atoms with Crippen LogP contribution in [-0.4, -0.2) is 41.1 Å². The quantitative estimate of drug-likeness (QED) is 0.365. The van der Waals surface area contributed by atoms with Gasteiger partial charge in [0, 0.05) is 36.1 Å². The van der Waals surface area contributed by atoms with Crippen LogP contribution in [0.1, 0.15) is 28.8 Å². The lowest BCUT2D eigenvalue weighted by Gasteiger charge is -2.34. The van der Waals surface area contributed by atoms with E-state index < -0.39 is 0 Å². The van der Waals surface area contributed by atoms with Crippen LogP contribution >= 0.6 is 22.9 Å². The molecule has 180 valence electrons. The summed E-state index contributed by atoms with van der Waals surface area (Å²) in [6.07, 6.45) is 4.17. The maximum atomic E-state index is 14.1. The summed E-state index contributed by atoms with van der Waals surface area (Å²) in [5.74, 6) is 1.39. The van der Waals surface area contributed by atoms with Crippen LogP contribution in [0.15, 0.2) is 59.4 Å². The highest BCUT2D eigenvalue weighted by molar-refractivity contribution is 7.18. The highest BCUT2D eigenvalue weighted by Crippen LogP contribution is 2.35. The molecule has 0 radical (unpaired) electrons. The van der Waals surface area contributed by atoms with E-state index in [9.17, 15) is 4.79 Å². The molecule has 0 amide bonds. The predicted octanol–water partition coefficient (Wildman–Crippen LogP) is 5.55. The van der Waals surface area contributed by atoms with E-state index in [2.05, 4.69) is 47.2 Å². The van der Waals surface area contributed by atoms with Crippen molar-refractivity contribution in [3.05, 3.63) is 86.0 Å². The Hall–Kier alpha value is -2.67. The van der Waals surface area contributed by atoms with Gasteiger partial charge in [-0.15, -0.1) is 11.3 Å². The van der Waals surface area contributed by atoms with Crippen LogP contribution in [-0.2, 0) is 19.4 Å². The molecule has 2 aliphatic heterocycles. The maximum Gasteiger partial charge on any atom is 0.268 e. The lowest BCUT2D eigenvalue weighted by atomic mass is 9.90. The molecule has 6 rings (SSSR count). The molecule has 0 unspecified atom stereocenters. The third-order valence-electron chi connectivity index (χ3n) is 7.38. The largest absolute Gasteiger partial charge is 0.342 e. The zero-order valence-corrected chi connectivity index (χ0v) is 21.5. The first kappa shape index (κ1) is 22.8. The van der Waals surface area contributed by atoms with Crippen molar-refractivity contribution in [2.45, 2.75) is 32.2 Å². The summed E-state index contributed by atoms with van der Waals surface area (Å²) in [6.45, 7) is 3.63. The second kappa shape index (κ2) is 9.41. The van der Waals surface area contributed by atoms with E-state index in [1.165, 1.54) is 16.0 Å². The Bertz CT molecular complexity index is 1420. The maximum absolute atomic E-state index is 14.1. The van der Waals surface area contributed by atoms with Crippen molar-refractivity contribution in [2.24, 2.45) is 5.92 Å². The van der Waals surface area contributed by atoms with Crippen molar-refractivity contribution in [3.8, 4) is 5.69 Å². The zero-order chi connectivity index (χ0) is 23.9. The number of rotatable bonds is 4. The summed E-state index contributed by atoms with van der Waals surface area (Å²) < 4.78 is 1.80. The molecule has 2 aromatic carbocycles. The average Bonchev–Trinajstić information content (AvgIpc) is 3.23. The Morgan fingerprint density at radius 1 is 1.06 bits per heavy atom. The van der Waals surface area contributed by atoms with Crippen LogP contribution in [0.4, 0.5) is 5.95 Å². The van der Waals surface area contributed by atoms with Crippen LogP contribution in [0.3, 0.4) is 0 Å². The van der Waals surface area contributed by atoms with E-state index >= 15 is 0 Å². The van der Waals surface area contributed by atoms with E-state index in [1.807, 2.05) is 24.3 Å². The molecule has 2 aromatic heterocycles. The second-order valence-electron chi connectivity index (χ2n) is 9.82. The molecule has 0 spiro atoms. The topological polar surface area (TPSA) is 41.4 Å². The number of hydrogen-bond acceptors (Lipinski definition) is 5. The number of likely N-dealkylation sites (N-methyl/N-ethyl adjacent to an activating group) is 1. The number of piperidine rings is 1. The first-order valence-corrected chi connectivity index (χ1v) is 13.6. The summed E-state index contributed by atoms with van der Waals surface area (Å²) >= 11 is 8.04. The van der Waals surface area contributed by atoms with Gasteiger partial charge in [0.1, 0.15) is 4.83 Å². The Kier molecular flexibility index (Phi) is 6.13. The molecule has 4 aromatic rings. The smallest absolute Gasteiger partial charge is 0.268 e. The van der Waals surface area contributed by atoms with Gasteiger partial charge in [-0.2, -0.15) is 0 Å². The molecule has 0 bridgehead atoms. The van der Waals surface area contributed by atoms with Gasteiger partial charge in [-0.3, -0.25) is 4.79 Å². The molecule has 0 aliphatic carbocycles. The van der Waals surface area contributed by atoms with Crippen molar-refractivity contribution in [3.63, 3.8) is 0 Å². The minimum absolute atomic E-state index is 0.0285. The SMILES string of the molecule is CN1CCc2c(sc3nc(N4CCC(Cc5ccccc5)CC4)n(-c4cccc(Cl)c4)c(=O)c23)C1. The van der Waals surface area contributed by atoms with Crippen molar-refractivity contribution < 1.29 is 0 Å². The fraction of sp³-hybridized carbons (Fsp3) is 0.357. The van der Waals surface area contributed by atoms with Crippen LogP contribution in [0.2, 0.25) is 5.02 Å². The number of nitrogens with zero attached hydrogens (tertiary/aromatic N) is 4. The summed E-state index contributed by atoms with van der Waals surface area (Å²) in [5.41, 5.74) is 3.40. The predicted molar refractivity (Wildman–Crippen MR) is 145 cm³/mol. The number of halogens is 1. The summed E-state index contributed by atoms with van der Waals surface area (Å²) in [4.78, 5) is 26.0. The Morgan fingerprint density at radius 3 is 2.63 bits per heavy atom. The number of thiophene rings is 1. The lowest BCUT2D eigenvalue weighted by molar-refractivity contribution is 0.318. The first-order chi connectivity index (χ1) is 17.1. The standard InChI is InChI=1S/C28H29ClN4OS/c1-31-13-12-23-24(18-31)35-26-25(23)27(34)33(22-9-5-8-21(29)17-22)28(30-26)32-14-10-20(11-15-32)16-19-6-3-2-4-7-19/h2-9,17,20H,10-16,18H2,1H3. The molecule has 0 atom stereocenters. The Labute approximate surface area is 214 Å². The highest BCUT2D eigenvalue weighted by Gasteiger charge is 2.28. The van der Waals surface area contributed by atoms with E-state index in [0.29, 0.717) is 10.9 Å². The summed E-state index contributed by atoms with van der Waals surface area (Å²) in [6, 6.07) is 18.3. The number of fused-ring (bicyclic) bond motifs is 3. The third kappa shape index (κ3) is 4.39. The first-order valence-electron chi connectivity index (χ1n) is 12.4. The monoisotopic (exact) mass is 504 g/mol. The molecular formula is C28H29ClN4OS. The van der Waals surface area contributed by atoms with Crippen molar-refractivity contribution in [2.75, 3.05) is 31.6 Å². The number of aromatic nitrogens is 2. The average molecular weight is 505 g/mol. The Morgan fingerprint density at radius 2 is 1.86 bits per heavy atom. The molecule has 0 N–H and O–H groups in total. The van der Waals surface area contributed by atoms with Crippen LogP contribution in [0, 0.1) is 5.92 Å². The highest BCUT2D eigenvalue weighted by atomic mass is 35.5. The van der Waals surface area contributed by atoms with Gasteiger partial charge in [0.15, 0.2) is 0 Å². The van der Waals surface area contributed by atoms with E-state index in [4.69, 9.17) is 16.6 Å². The van der Waals surface area contributed by atoms with Crippen molar-refractivity contribution in [1.29, 1.82) is 0 Å². The van der Waals surface area contributed by atoms with Gasteiger partial charge in [0.05, 0.1) is 11.1 Å². The number of hydrogen-bond donors (Lipinski definition) is 0. The normalized spacial score (nSPS) is 17.1. The van der Waals surface area contributed by atoms with E-state index in [-0.39, 0.29) is 5.56 Å². The van der Waals surface area contributed by atoms with Gasteiger partial charge in [0.2, 0.25) is 5.95 Å². The van der Waals surface area contributed by atoms with Gasteiger partial charge >= 0.3 is 0 Å². The Balaban J connectivity index is 1.39. The van der Waals surface area contributed by atoms with Crippen LogP contribution in [0.5, 0.6) is 0 Å². The van der Waals surface area contributed by atoms with Crippen molar-refractivity contribution >= 4 is 39.1 Å². The fourth-order valence-corrected chi connectivity index (χ4v) is 6.97. The molecular weight excluding hydrogens is 476 g/mol. The molecule has 0 saturated carbocycles. The lowest BCUT2D eigenvalue weighted by Crippen LogP contribution is -2.39. The van der Waals surface area contributed by atoms with E-state index in [1.54, 1.807) is 15.9 Å². The number of benzene rings is 2. The van der Waals surface area contributed by atoms with Crippen LogP contribution < -0.4 is 10.5 Å². The number of anilines is 1. The minimum atomic E-state index is 0.0285. The molecule has 4 heterocycles. The van der Waals surface area contributed by atoms with Gasteiger partial charge in [-0.05, 0) is 68.0 Å². The van der Waals surface area contributed by atoms with Crippen molar-refractivity contribution in [1.82, 2.24) is 14.5 Å². The molecule has 1 fully saturated rings.